The Kier molecular flexibility index (Phi) is 7.80. The molecule has 0 aromatic carbocycles. The van der Waals surface area contributed by atoms with Crippen LogP contribution in [0, 0.1) is 5.92 Å². The molecule has 3 amide bonds. The van der Waals surface area contributed by atoms with E-state index in [9.17, 15) is 14.4 Å². The van der Waals surface area contributed by atoms with Crippen molar-refractivity contribution in [2.24, 2.45) is 11.7 Å². The van der Waals surface area contributed by atoms with Crippen LogP contribution in [0.2, 0.25) is 0 Å². The lowest BCUT2D eigenvalue weighted by Crippen LogP contribution is -2.55. The quantitative estimate of drug-likeness (QED) is 0.692. The maximum absolute atomic E-state index is 13.0. The van der Waals surface area contributed by atoms with E-state index >= 15 is 0 Å². The van der Waals surface area contributed by atoms with Gasteiger partial charge in [0.25, 0.3) is 5.91 Å². The van der Waals surface area contributed by atoms with Crippen LogP contribution in [0.15, 0.2) is 0 Å². The van der Waals surface area contributed by atoms with Gasteiger partial charge in [-0.3, -0.25) is 14.5 Å². The number of piperidine rings is 1. The molecule has 0 bridgehead atoms. The van der Waals surface area contributed by atoms with Gasteiger partial charge < -0.3 is 25.0 Å². The van der Waals surface area contributed by atoms with Gasteiger partial charge in [0.05, 0.1) is 6.10 Å². The van der Waals surface area contributed by atoms with Crippen LogP contribution in [0.1, 0.15) is 52.4 Å². The molecule has 3 aliphatic rings. The summed E-state index contributed by atoms with van der Waals surface area (Å²) in [5.41, 5.74) is 4.36. The van der Waals surface area contributed by atoms with Gasteiger partial charge in [-0.05, 0) is 52.4 Å². The Morgan fingerprint density at radius 3 is 1.97 bits per heavy atom. The lowest BCUT2D eigenvalue weighted by Gasteiger charge is -2.41. The maximum atomic E-state index is 13.0. The predicted molar refractivity (Wildman–Crippen MR) is 115 cm³/mol. The second-order valence-corrected chi connectivity index (χ2v) is 9.38. The van der Waals surface area contributed by atoms with Gasteiger partial charge in [-0.1, -0.05) is 0 Å². The lowest BCUT2D eigenvalue weighted by atomic mass is 9.77. The van der Waals surface area contributed by atoms with Crippen molar-refractivity contribution in [2.75, 3.05) is 46.4 Å². The number of nitrogens with zero attached hydrogens (tertiary/aromatic N) is 3. The van der Waals surface area contributed by atoms with Gasteiger partial charge in [-0.2, -0.15) is 0 Å². The number of likely N-dealkylation sites (tertiary alicyclic amines) is 1. The van der Waals surface area contributed by atoms with Crippen LogP contribution >= 0.6 is 0 Å². The first-order chi connectivity index (χ1) is 14.8. The summed E-state index contributed by atoms with van der Waals surface area (Å²) in [5, 5.41) is 0. The van der Waals surface area contributed by atoms with Gasteiger partial charge in [0.2, 0.25) is 5.91 Å². The van der Waals surface area contributed by atoms with Crippen molar-refractivity contribution in [3.8, 4) is 0 Å². The third-order valence-corrected chi connectivity index (χ3v) is 7.26. The molecule has 9 heteroatoms. The molecule has 2 N–H and O–H groups in total. The molecule has 3 fully saturated rings. The van der Waals surface area contributed by atoms with E-state index in [1.54, 1.807) is 12.0 Å². The van der Waals surface area contributed by atoms with E-state index < -0.39 is 17.6 Å². The number of hydrogen-bond acceptors (Lipinski definition) is 6. The molecule has 1 saturated carbocycles. The zero-order chi connectivity index (χ0) is 22.6. The summed E-state index contributed by atoms with van der Waals surface area (Å²) in [4.78, 5) is 43.9. The van der Waals surface area contributed by atoms with E-state index in [0.717, 1.165) is 39.0 Å². The fraction of sp³-hybridized carbons (Fsp3) is 0.864. The number of carbonyl (C=O) groups excluding carboxylic acids is 3. The summed E-state index contributed by atoms with van der Waals surface area (Å²) >= 11 is 0. The number of carbonyl (C=O) groups is 3. The lowest BCUT2D eigenvalue weighted by molar-refractivity contribution is -0.148. The van der Waals surface area contributed by atoms with E-state index in [1.165, 1.54) is 0 Å². The molecular weight excluding hydrogens is 400 g/mol. The molecule has 2 saturated heterocycles. The largest absolute Gasteiger partial charge is 0.433 e. The average Bonchev–Trinajstić information content (AvgIpc) is 2.79. The predicted octanol–water partition coefficient (Wildman–Crippen LogP) is 1.20. The first-order valence-corrected chi connectivity index (χ1v) is 11.6. The monoisotopic (exact) mass is 438 g/mol. The van der Waals surface area contributed by atoms with E-state index in [4.69, 9.17) is 15.2 Å². The summed E-state index contributed by atoms with van der Waals surface area (Å²) in [6, 6.07) is 0.484. The molecule has 0 atom stereocenters. The minimum absolute atomic E-state index is 0.144. The smallest absolute Gasteiger partial charge is 0.410 e. The Morgan fingerprint density at radius 1 is 0.903 bits per heavy atom. The summed E-state index contributed by atoms with van der Waals surface area (Å²) in [5.74, 6) is -0.618. The molecule has 176 valence electrons. The van der Waals surface area contributed by atoms with E-state index in [1.807, 2.05) is 4.90 Å². The first-order valence-electron chi connectivity index (χ1n) is 11.6. The standard InChI is InChI=1S/C22H38N4O5/c1-16(2)24-12-14-25(15-13-24)19(27)17-4-8-22(9-5-17,20(23)28)31-21(29)26-10-6-18(30-3)7-11-26/h16-18H,4-15H2,1-3H3,(H2,23,28). The first kappa shape index (κ1) is 23.8. The van der Waals surface area contributed by atoms with Gasteiger partial charge in [0, 0.05) is 58.3 Å². The van der Waals surface area contributed by atoms with Gasteiger partial charge >= 0.3 is 6.09 Å². The average molecular weight is 439 g/mol. The topological polar surface area (TPSA) is 105 Å². The Hall–Kier alpha value is -1.87. The van der Waals surface area contributed by atoms with Crippen molar-refractivity contribution in [1.82, 2.24) is 14.7 Å². The van der Waals surface area contributed by atoms with Crippen molar-refractivity contribution < 1.29 is 23.9 Å². The minimum Gasteiger partial charge on any atom is -0.433 e. The number of primary amides is 1. The summed E-state index contributed by atoms with van der Waals surface area (Å²) in [6.45, 7) is 8.66. The highest BCUT2D eigenvalue weighted by atomic mass is 16.6. The molecule has 3 rings (SSSR count). The van der Waals surface area contributed by atoms with Crippen LogP contribution in [-0.4, -0.2) is 96.7 Å². The third-order valence-electron chi connectivity index (χ3n) is 7.26. The van der Waals surface area contributed by atoms with Crippen molar-refractivity contribution in [3.63, 3.8) is 0 Å². The summed E-state index contributed by atoms with van der Waals surface area (Å²) in [7, 11) is 1.67. The molecule has 31 heavy (non-hydrogen) atoms. The van der Waals surface area contributed by atoms with Gasteiger partial charge in [0.15, 0.2) is 5.60 Å². The highest BCUT2D eigenvalue weighted by Crippen LogP contribution is 2.36. The molecule has 0 aromatic heterocycles. The highest BCUT2D eigenvalue weighted by Gasteiger charge is 2.47. The molecule has 0 aromatic rings. The zero-order valence-electron chi connectivity index (χ0n) is 19.2. The summed E-state index contributed by atoms with van der Waals surface area (Å²) < 4.78 is 11.0. The third kappa shape index (κ3) is 5.49. The van der Waals surface area contributed by atoms with Crippen LogP contribution in [0.25, 0.3) is 0 Å². The Labute approximate surface area is 185 Å². The van der Waals surface area contributed by atoms with Crippen LogP contribution in [0.3, 0.4) is 0 Å². The van der Waals surface area contributed by atoms with Crippen molar-refractivity contribution in [2.45, 2.75) is 70.1 Å². The second kappa shape index (κ2) is 10.2. The molecule has 1 aliphatic carbocycles. The fourth-order valence-electron chi connectivity index (χ4n) is 4.95. The van der Waals surface area contributed by atoms with Gasteiger partial charge in [0.1, 0.15) is 0 Å². The number of rotatable bonds is 5. The Balaban J connectivity index is 1.53. The number of ether oxygens (including phenoxy) is 2. The van der Waals surface area contributed by atoms with Gasteiger partial charge in [-0.15, -0.1) is 0 Å². The Morgan fingerprint density at radius 2 is 1.48 bits per heavy atom. The molecule has 2 heterocycles. The number of piperazine rings is 1. The van der Waals surface area contributed by atoms with Crippen LogP contribution < -0.4 is 5.73 Å². The SMILES string of the molecule is COC1CCN(C(=O)OC2(C(N)=O)CCC(C(=O)N3CCN(C(C)C)CC3)CC2)CC1. The van der Waals surface area contributed by atoms with Crippen LogP contribution in [-0.2, 0) is 19.1 Å². The van der Waals surface area contributed by atoms with E-state index in [2.05, 4.69) is 18.7 Å². The molecule has 0 radical (unpaired) electrons. The number of nitrogens with two attached hydrogens (primary N) is 1. The van der Waals surface area contributed by atoms with Crippen molar-refractivity contribution in [3.05, 3.63) is 0 Å². The Bertz CT molecular complexity index is 646. The molecule has 0 unspecified atom stereocenters. The van der Waals surface area contributed by atoms with E-state index in [-0.39, 0.29) is 17.9 Å². The fourth-order valence-corrected chi connectivity index (χ4v) is 4.95. The number of methoxy groups -OCH3 is 1. The maximum Gasteiger partial charge on any atom is 0.410 e. The van der Waals surface area contributed by atoms with Crippen LogP contribution in [0.5, 0.6) is 0 Å². The summed E-state index contributed by atoms with van der Waals surface area (Å²) in [6.07, 6.45) is 2.75. The number of hydrogen-bond donors (Lipinski definition) is 1. The number of amides is 3. The molecular formula is C22H38N4O5. The normalized spacial score (nSPS) is 28.6. The van der Waals surface area contributed by atoms with E-state index in [0.29, 0.717) is 44.8 Å². The second-order valence-electron chi connectivity index (χ2n) is 9.38. The highest BCUT2D eigenvalue weighted by molar-refractivity contribution is 5.87. The molecule has 9 nitrogen and oxygen atoms in total. The van der Waals surface area contributed by atoms with Gasteiger partial charge in [-0.25, -0.2) is 4.79 Å². The molecule has 0 spiro atoms. The van der Waals surface area contributed by atoms with Crippen LogP contribution in [0.4, 0.5) is 4.79 Å². The molecule has 2 aliphatic heterocycles. The zero-order valence-corrected chi connectivity index (χ0v) is 19.2. The minimum atomic E-state index is -1.32. The van der Waals surface area contributed by atoms with Crippen molar-refractivity contribution in [1.29, 1.82) is 0 Å². The van der Waals surface area contributed by atoms with Crippen molar-refractivity contribution >= 4 is 17.9 Å².